The Morgan fingerprint density at radius 3 is 2.34 bits per heavy atom. The molecule has 3 aromatic rings. The summed E-state index contributed by atoms with van der Waals surface area (Å²) >= 11 is 0. The summed E-state index contributed by atoms with van der Waals surface area (Å²) in [6, 6.07) is 18.4. The fraction of sp³-hybridized carbons (Fsp3) is 0.0870. The molecular formula is C23H18N2O4. The number of rotatable bonds is 4. The number of aliphatic hydroxyl groups is 1. The number of Topliss-reactive ketones (excluding diaryl/α,β-unsaturated/α-hetero) is 1. The van der Waals surface area contributed by atoms with Gasteiger partial charge < -0.3 is 9.84 Å². The van der Waals surface area contributed by atoms with Gasteiger partial charge in [-0.15, -0.1) is 0 Å². The Labute approximate surface area is 167 Å². The lowest BCUT2D eigenvalue weighted by Crippen LogP contribution is -2.29. The van der Waals surface area contributed by atoms with E-state index in [1.165, 1.54) is 11.1 Å². The van der Waals surface area contributed by atoms with Crippen LogP contribution in [0.2, 0.25) is 0 Å². The predicted octanol–water partition coefficient (Wildman–Crippen LogP) is 3.72. The van der Waals surface area contributed by atoms with Crippen LogP contribution in [-0.2, 0) is 9.59 Å². The zero-order valence-electron chi connectivity index (χ0n) is 15.6. The lowest BCUT2D eigenvalue weighted by Gasteiger charge is -2.25. The van der Waals surface area contributed by atoms with Crippen LogP contribution in [0, 0.1) is 0 Å². The first-order chi connectivity index (χ1) is 14.1. The molecule has 6 nitrogen and oxygen atoms in total. The second-order valence-corrected chi connectivity index (χ2v) is 6.52. The third-order valence-corrected chi connectivity index (χ3v) is 4.85. The SMILES string of the molecule is COc1ccc([C@H]2/C(=C(\O)c3ccccc3)C(=O)C(=O)N2c2cccnc2)cc1. The summed E-state index contributed by atoms with van der Waals surface area (Å²) in [5.74, 6) is -1.02. The van der Waals surface area contributed by atoms with E-state index in [0.29, 0.717) is 22.6 Å². The quantitative estimate of drug-likeness (QED) is 0.420. The molecule has 1 aliphatic heterocycles. The first kappa shape index (κ1) is 18.4. The van der Waals surface area contributed by atoms with Crippen molar-refractivity contribution in [2.24, 2.45) is 0 Å². The van der Waals surface area contributed by atoms with Crippen LogP contribution in [0.5, 0.6) is 5.75 Å². The van der Waals surface area contributed by atoms with Gasteiger partial charge in [0.25, 0.3) is 11.7 Å². The molecule has 1 atom stereocenters. The first-order valence-electron chi connectivity index (χ1n) is 9.02. The number of carbonyl (C=O) groups excluding carboxylic acids is 2. The molecule has 29 heavy (non-hydrogen) atoms. The average molecular weight is 386 g/mol. The molecule has 1 N–H and O–H groups in total. The van der Waals surface area contributed by atoms with Gasteiger partial charge in [0, 0.05) is 11.8 Å². The highest BCUT2D eigenvalue weighted by Crippen LogP contribution is 2.42. The molecule has 6 heteroatoms. The molecule has 0 bridgehead atoms. The van der Waals surface area contributed by atoms with E-state index < -0.39 is 17.7 Å². The fourth-order valence-electron chi connectivity index (χ4n) is 3.45. The van der Waals surface area contributed by atoms with Crippen molar-refractivity contribution < 1.29 is 19.4 Å². The van der Waals surface area contributed by atoms with Crippen molar-refractivity contribution in [1.82, 2.24) is 4.98 Å². The number of aromatic nitrogens is 1. The smallest absolute Gasteiger partial charge is 0.300 e. The Kier molecular flexibility index (Phi) is 4.83. The van der Waals surface area contributed by atoms with Crippen LogP contribution in [-0.4, -0.2) is 28.9 Å². The number of ketones is 1. The average Bonchev–Trinajstić information content (AvgIpc) is 3.05. The number of methoxy groups -OCH3 is 1. The van der Waals surface area contributed by atoms with E-state index in [4.69, 9.17) is 4.74 Å². The highest BCUT2D eigenvalue weighted by molar-refractivity contribution is 6.51. The van der Waals surface area contributed by atoms with E-state index >= 15 is 0 Å². The Hall–Kier alpha value is -3.93. The van der Waals surface area contributed by atoms with Crippen LogP contribution in [0.15, 0.2) is 84.7 Å². The standard InChI is InChI=1S/C23H18N2O4/c1-29-18-11-9-15(10-12-18)20-19(21(26)16-6-3-2-4-7-16)22(27)23(28)25(20)17-8-5-13-24-14-17/h2-14,20,26H,1H3/b21-19+/t20-/m0/s1. The summed E-state index contributed by atoms with van der Waals surface area (Å²) in [5.41, 5.74) is 1.65. The predicted molar refractivity (Wildman–Crippen MR) is 108 cm³/mol. The van der Waals surface area contributed by atoms with Crippen molar-refractivity contribution in [3.63, 3.8) is 0 Å². The summed E-state index contributed by atoms with van der Waals surface area (Å²) in [6.45, 7) is 0. The second kappa shape index (κ2) is 7.59. The molecule has 1 amide bonds. The number of ether oxygens (including phenoxy) is 1. The molecule has 0 radical (unpaired) electrons. The minimum absolute atomic E-state index is 0.0372. The third kappa shape index (κ3) is 3.25. The molecule has 4 rings (SSSR count). The Bertz CT molecular complexity index is 1080. The maximum atomic E-state index is 13.0. The molecule has 0 spiro atoms. The van der Waals surface area contributed by atoms with Gasteiger partial charge in [-0.3, -0.25) is 19.5 Å². The number of carbonyl (C=O) groups is 2. The van der Waals surface area contributed by atoms with Crippen molar-refractivity contribution in [2.45, 2.75) is 6.04 Å². The van der Waals surface area contributed by atoms with E-state index in [9.17, 15) is 14.7 Å². The molecule has 2 aromatic carbocycles. The summed E-state index contributed by atoms with van der Waals surface area (Å²) in [4.78, 5) is 31.3. The summed E-state index contributed by atoms with van der Waals surface area (Å²) < 4.78 is 5.21. The van der Waals surface area contributed by atoms with Crippen molar-refractivity contribution in [3.8, 4) is 5.75 Å². The molecule has 2 heterocycles. The molecule has 144 valence electrons. The summed E-state index contributed by atoms with van der Waals surface area (Å²) in [6.07, 6.45) is 3.11. The van der Waals surface area contributed by atoms with Crippen LogP contribution in [0.4, 0.5) is 5.69 Å². The lowest BCUT2D eigenvalue weighted by atomic mass is 9.95. The molecule has 1 aromatic heterocycles. The van der Waals surface area contributed by atoms with E-state index in [1.54, 1.807) is 74.0 Å². The molecule has 0 saturated carbocycles. The highest BCUT2D eigenvalue weighted by Gasteiger charge is 2.47. The van der Waals surface area contributed by atoms with Gasteiger partial charge in [0.05, 0.1) is 30.6 Å². The van der Waals surface area contributed by atoms with E-state index in [-0.39, 0.29) is 11.3 Å². The Morgan fingerprint density at radius 2 is 1.72 bits per heavy atom. The molecule has 0 aliphatic carbocycles. The molecule has 1 aliphatic rings. The number of pyridine rings is 1. The van der Waals surface area contributed by atoms with Crippen molar-refractivity contribution >= 4 is 23.1 Å². The van der Waals surface area contributed by atoms with Gasteiger partial charge in [0.1, 0.15) is 11.5 Å². The molecule has 1 saturated heterocycles. The lowest BCUT2D eigenvalue weighted by molar-refractivity contribution is -0.132. The summed E-state index contributed by atoms with van der Waals surface area (Å²) in [7, 11) is 1.56. The van der Waals surface area contributed by atoms with Crippen LogP contribution < -0.4 is 9.64 Å². The van der Waals surface area contributed by atoms with Crippen molar-refractivity contribution in [3.05, 3.63) is 95.8 Å². The zero-order valence-corrected chi connectivity index (χ0v) is 15.6. The minimum atomic E-state index is -0.787. The Balaban J connectivity index is 1.93. The van der Waals surface area contributed by atoms with Gasteiger partial charge in [0.15, 0.2) is 0 Å². The maximum Gasteiger partial charge on any atom is 0.300 e. The number of nitrogens with zero attached hydrogens (tertiary/aromatic N) is 2. The minimum Gasteiger partial charge on any atom is -0.507 e. The summed E-state index contributed by atoms with van der Waals surface area (Å²) in [5, 5.41) is 10.9. The molecule has 0 unspecified atom stereocenters. The van der Waals surface area contributed by atoms with Crippen molar-refractivity contribution in [2.75, 3.05) is 12.0 Å². The number of hydrogen-bond acceptors (Lipinski definition) is 5. The number of aliphatic hydroxyl groups excluding tert-OH is 1. The van der Waals surface area contributed by atoms with Gasteiger partial charge in [-0.05, 0) is 29.8 Å². The fourth-order valence-corrected chi connectivity index (χ4v) is 3.45. The molecule has 1 fully saturated rings. The zero-order chi connectivity index (χ0) is 20.4. The van der Waals surface area contributed by atoms with Gasteiger partial charge in [-0.1, -0.05) is 42.5 Å². The van der Waals surface area contributed by atoms with Crippen molar-refractivity contribution in [1.29, 1.82) is 0 Å². The van der Waals surface area contributed by atoms with Gasteiger partial charge in [-0.2, -0.15) is 0 Å². The Morgan fingerprint density at radius 1 is 1.00 bits per heavy atom. The van der Waals surface area contributed by atoms with Crippen LogP contribution in [0.1, 0.15) is 17.2 Å². The second-order valence-electron chi connectivity index (χ2n) is 6.52. The monoisotopic (exact) mass is 386 g/mol. The largest absolute Gasteiger partial charge is 0.507 e. The van der Waals surface area contributed by atoms with E-state index in [0.717, 1.165) is 0 Å². The maximum absolute atomic E-state index is 13.0. The number of benzene rings is 2. The number of anilines is 1. The topological polar surface area (TPSA) is 79.7 Å². The van der Waals surface area contributed by atoms with Gasteiger partial charge in [0.2, 0.25) is 0 Å². The highest BCUT2D eigenvalue weighted by atomic mass is 16.5. The van der Waals surface area contributed by atoms with Crippen LogP contribution in [0.25, 0.3) is 5.76 Å². The van der Waals surface area contributed by atoms with Crippen LogP contribution in [0.3, 0.4) is 0 Å². The number of hydrogen-bond donors (Lipinski definition) is 1. The first-order valence-corrected chi connectivity index (χ1v) is 9.02. The van der Waals surface area contributed by atoms with Gasteiger partial charge >= 0.3 is 0 Å². The third-order valence-electron chi connectivity index (χ3n) is 4.85. The number of amides is 1. The van der Waals surface area contributed by atoms with E-state index in [2.05, 4.69) is 4.98 Å². The van der Waals surface area contributed by atoms with Crippen LogP contribution >= 0.6 is 0 Å². The normalized spacial score (nSPS) is 18.1. The van der Waals surface area contributed by atoms with Gasteiger partial charge in [-0.25, -0.2) is 0 Å². The molecular weight excluding hydrogens is 368 g/mol. The van der Waals surface area contributed by atoms with E-state index in [1.807, 2.05) is 6.07 Å².